The zero-order valence-electron chi connectivity index (χ0n) is 8.69. The van der Waals surface area contributed by atoms with Crippen LogP contribution in [0.15, 0.2) is 24.3 Å². The topological polar surface area (TPSA) is 46.5 Å². The maximum atomic E-state index is 11.7. The van der Waals surface area contributed by atoms with Gasteiger partial charge in [-0.2, -0.15) is 0 Å². The van der Waals surface area contributed by atoms with E-state index in [1.807, 2.05) is 0 Å². The summed E-state index contributed by atoms with van der Waals surface area (Å²) >= 11 is 0. The number of hydrogen-bond acceptors (Lipinski definition) is 3. The van der Waals surface area contributed by atoms with Gasteiger partial charge in [-0.05, 0) is 37.1 Å². The second-order valence-corrected chi connectivity index (χ2v) is 4.05. The van der Waals surface area contributed by atoms with Crippen molar-refractivity contribution in [2.45, 2.75) is 24.9 Å². The molecular weight excluding hydrogens is 192 g/mol. The van der Waals surface area contributed by atoms with Crippen molar-refractivity contribution in [2.75, 3.05) is 7.11 Å². The van der Waals surface area contributed by atoms with Crippen LogP contribution in [0.1, 0.15) is 29.6 Å². The minimum atomic E-state index is -0.711. The van der Waals surface area contributed by atoms with Crippen LogP contribution >= 0.6 is 0 Å². The molecule has 0 radical (unpaired) electrons. The zero-order chi connectivity index (χ0) is 10.9. The number of benzene rings is 1. The van der Waals surface area contributed by atoms with E-state index in [0.29, 0.717) is 5.56 Å². The van der Waals surface area contributed by atoms with Gasteiger partial charge in [-0.25, -0.2) is 0 Å². The van der Waals surface area contributed by atoms with Gasteiger partial charge in [0.05, 0.1) is 12.7 Å². The highest BCUT2D eigenvalue weighted by Crippen LogP contribution is 2.39. The molecule has 1 aromatic rings. The van der Waals surface area contributed by atoms with Crippen LogP contribution in [0.4, 0.5) is 0 Å². The van der Waals surface area contributed by atoms with E-state index in [1.54, 1.807) is 31.4 Å². The maximum Gasteiger partial charge on any atom is 0.165 e. The fraction of sp³-hybridized carbons (Fsp3) is 0.417. The van der Waals surface area contributed by atoms with E-state index in [-0.39, 0.29) is 12.2 Å². The predicted octanol–water partition coefficient (Wildman–Crippen LogP) is 1.79. The zero-order valence-corrected chi connectivity index (χ0v) is 8.69. The van der Waals surface area contributed by atoms with E-state index in [9.17, 15) is 9.90 Å². The molecule has 1 fully saturated rings. The first-order valence-electron chi connectivity index (χ1n) is 5.03. The molecule has 0 amide bonds. The predicted molar refractivity (Wildman–Crippen MR) is 56.1 cm³/mol. The Morgan fingerprint density at radius 1 is 1.40 bits per heavy atom. The summed E-state index contributed by atoms with van der Waals surface area (Å²) in [6.45, 7) is 0. The van der Waals surface area contributed by atoms with Gasteiger partial charge in [-0.3, -0.25) is 4.79 Å². The van der Waals surface area contributed by atoms with Crippen molar-refractivity contribution in [2.24, 2.45) is 0 Å². The molecule has 1 aliphatic rings. The van der Waals surface area contributed by atoms with Crippen molar-refractivity contribution in [1.82, 2.24) is 0 Å². The van der Waals surface area contributed by atoms with Crippen molar-refractivity contribution in [1.29, 1.82) is 0 Å². The lowest BCUT2D eigenvalue weighted by Gasteiger charge is -2.06. The summed E-state index contributed by atoms with van der Waals surface area (Å²) in [4.78, 5) is 11.7. The average molecular weight is 206 g/mol. The Bertz CT molecular complexity index is 363. The molecule has 15 heavy (non-hydrogen) atoms. The summed E-state index contributed by atoms with van der Waals surface area (Å²) in [6.07, 6.45) is 1.73. The molecule has 80 valence electrons. The number of ether oxygens (including phenoxy) is 1. The standard InChI is InChI=1S/C12H14O3/c1-15-10-4-2-9(3-5-10)11(13)8-12(14)6-7-12/h2-5,14H,6-8H2,1H3. The third-order valence-corrected chi connectivity index (χ3v) is 2.73. The van der Waals surface area contributed by atoms with E-state index >= 15 is 0 Å². The number of aliphatic hydroxyl groups is 1. The van der Waals surface area contributed by atoms with Crippen LogP contribution in [0.2, 0.25) is 0 Å². The monoisotopic (exact) mass is 206 g/mol. The van der Waals surface area contributed by atoms with Crippen molar-refractivity contribution < 1.29 is 14.6 Å². The lowest BCUT2D eigenvalue weighted by atomic mass is 10.0. The van der Waals surface area contributed by atoms with Gasteiger partial charge in [-0.15, -0.1) is 0 Å². The number of methoxy groups -OCH3 is 1. The molecule has 0 heterocycles. The number of carbonyl (C=O) groups is 1. The first kappa shape index (κ1) is 10.2. The van der Waals surface area contributed by atoms with Crippen LogP contribution in [0.5, 0.6) is 5.75 Å². The molecule has 1 aromatic carbocycles. The van der Waals surface area contributed by atoms with E-state index in [4.69, 9.17) is 4.74 Å². The highest BCUT2D eigenvalue weighted by Gasteiger charge is 2.42. The molecule has 3 heteroatoms. The number of hydrogen-bond donors (Lipinski definition) is 1. The van der Waals surface area contributed by atoms with Gasteiger partial charge in [-0.1, -0.05) is 0 Å². The summed E-state index contributed by atoms with van der Waals surface area (Å²) in [5, 5.41) is 9.62. The molecule has 1 aliphatic carbocycles. The van der Waals surface area contributed by atoms with E-state index < -0.39 is 5.60 Å². The first-order chi connectivity index (χ1) is 7.13. The van der Waals surface area contributed by atoms with Crippen LogP contribution < -0.4 is 4.74 Å². The SMILES string of the molecule is COc1ccc(C(=O)CC2(O)CC2)cc1. The highest BCUT2D eigenvalue weighted by molar-refractivity contribution is 5.97. The molecule has 0 atom stereocenters. The first-order valence-corrected chi connectivity index (χ1v) is 5.03. The summed E-state index contributed by atoms with van der Waals surface area (Å²) in [6, 6.07) is 6.97. The summed E-state index contributed by atoms with van der Waals surface area (Å²) in [7, 11) is 1.59. The normalized spacial score (nSPS) is 17.2. The fourth-order valence-electron chi connectivity index (χ4n) is 1.50. The second-order valence-electron chi connectivity index (χ2n) is 4.05. The van der Waals surface area contributed by atoms with Gasteiger partial charge in [0, 0.05) is 12.0 Å². The Hall–Kier alpha value is -1.35. The van der Waals surface area contributed by atoms with E-state index in [0.717, 1.165) is 18.6 Å². The third-order valence-electron chi connectivity index (χ3n) is 2.73. The van der Waals surface area contributed by atoms with Crippen LogP contribution in [0, 0.1) is 0 Å². The molecule has 0 bridgehead atoms. The summed E-state index contributed by atoms with van der Waals surface area (Å²) < 4.78 is 5.00. The smallest absolute Gasteiger partial charge is 0.165 e. The molecule has 0 aliphatic heterocycles. The number of Topliss-reactive ketones (excluding diaryl/α,β-unsaturated/α-hetero) is 1. The Labute approximate surface area is 88.7 Å². The van der Waals surface area contributed by atoms with Crippen molar-refractivity contribution >= 4 is 5.78 Å². The minimum Gasteiger partial charge on any atom is -0.497 e. The largest absolute Gasteiger partial charge is 0.497 e. The van der Waals surface area contributed by atoms with E-state index in [1.165, 1.54) is 0 Å². The minimum absolute atomic E-state index is 0.00217. The highest BCUT2D eigenvalue weighted by atomic mass is 16.5. The Morgan fingerprint density at radius 3 is 2.47 bits per heavy atom. The van der Waals surface area contributed by atoms with Gasteiger partial charge in [0.2, 0.25) is 0 Å². The van der Waals surface area contributed by atoms with Crippen molar-refractivity contribution in [3.63, 3.8) is 0 Å². The lowest BCUT2D eigenvalue weighted by molar-refractivity contribution is 0.0838. The summed E-state index contributed by atoms with van der Waals surface area (Å²) in [5.74, 6) is 0.731. The quantitative estimate of drug-likeness (QED) is 0.764. The molecule has 0 spiro atoms. The maximum absolute atomic E-state index is 11.7. The van der Waals surface area contributed by atoms with Gasteiger partial charge >= 0.3 is 0 Å². The molecular formula is C12H14O3. The number of ketones is 1. The van der Waals surface area contributed by atoms with Crippen LogP contribution in [0.3, 0.4) is 0 Å². The Kier molecular flexibility index (Phi) is 2.49. The molecule has 3 nitrogen and oxygen atoms in total. The molecule has 2 rings (SSSR count). The fourth-order valence-corrected chi connectivity index (χ4v) is 1.50. The molecule has 0 aromatic heterocycles. The lowest BCUT2D eigenvalue weighted by Crippen LogP contribution is -2.14. The molecule has 0 unspecified atom stereocenters. The summed E-state index contributed by atoms with van der Waals surface area (Å²) in [5.41, 5.74) is -0.0760. The van der Waals surface area contributed by atoms with Gasteiger partial charge in [0.15, 0.2) is 5.78 Å². The van der Waals surface area contributed by atoms with Crippen LogP contribution in [-0.2, 0) is 0 Å². The number of rotatable bonds is 4. The van der Waals surface area contributed by atoms with Crippen molar-refractivity contribution in [3.8, 4) is 5.75 Å². The average Bonchev–Trinajstić information content (AvgIpc) is 2.96. The Morgan fingerprint density at radius 2 is 2.00 bits per heavy atom. The van der Waals surface area contributed by atoms with Crippen LogP contribution in [-0.4, -0.2) is 23.6 Å². The molecule has 1 saturated carbocycles. The molecule has 0 saturated heterocycles. The third kappa shape index (κ3) is 2.36. The second kappa shape index (κ2) is 3.66. The van der Waals surface area contributed by atoms with Gasteiger partial charge in [0.1, 0.15) is 5.75 Å². The Balaban J connectivity index is 2.05. The number of carbonyl (C=O) groups excluding carboxylic acids is 1. The van der Waals surface area contributed by atoms with Crippen molar-refractivity contribution in [3.05, 3.63) is 29.8 Å². The van der Waals surface area contributed by atoms with Gasteiger partial charge in [0.25, 0.3) is 0 Å². The van der Waals surface area contributed by atoms with Crippen LogP contribution in [0.25, 0.3) is 0 Å². The van der Waals surface area contributed by atoms with E-state index in [2.05, 4.69) is 0 Å². The molecule has 1 N–H and O–H groups in total. The van der Waals surface area contributed by atoms with Gasteiger partial charge < -0.3 is 9.84 Å².